The molecule has 1 aliphatic rings. The monoisotopic (exact) mass is 360 g/mol. The van der Waals surface area contributed by atoms with Crippen LogP contribution in [-0.4, -0.2) is 35.6 Å². The first-order valence-corrected chi connectivity index (χ1v) is 8.67. The van der Waals surface area contributed by atoms with E-state index in [2.05, 4.69) is 20.2 Å². The predicted octanol–water partition coefficient (Wildman–Crippen LogP) is 3.36. The number of nitrogens with one attached hydrogen (secondary N) is 1. The summed E-state index contributed by atoms with van der Waals surface area (Å²) >= 11 is 6.14. The fraction of sp³-hybridized carbons (Fsp3) is 0.389. The molecule has 0 bridgehead atoms. The minimum atomic E-state index is -0.267. The van der Waals surface area contributed by atoms with Gasteiger partial charge in [-0.15, -0.1) is 0 Å². The Balaban J connectivity index is 1.58. The molecule has 0 saturated carbocycles. The summed E-state index contributed by atoms with van der Waals surface area (Å²) in [6.07, 6.45) is 3.80. The van der Waals surface area contributed by atoms with E-state index >= 15 is 0 Å². The second-order valence-corrected chi connectivity index (χ2v) is 6.54. The van der Waals surface area contributed by atoms with Crippen molar-refractivity contribution in [3.63, 3.8) is 0 Å². The van der Waals surface area contributed by atoms with Gasteiger partial charge >= 0.3 is 0 Å². The van der Waals surface area contributed by atoms with Crippen LogP contribution in [0.25, 0.3) is 0 Å². The Morgan fingerprint density at radius 1 is 1.20 bits per heavy atom. The lowest BCUT2D eigenvalue weighted by Crippen LogP contribution is -2.22. The van der Waals surface area contributed by atoms with Gasteiger partial charge in [0.25, 0.3) is 5.91 Å². The SMILES string of the molecule is Cc1cc(OCC(=O)Nc2cc(N3CCCC3)ncn2)cc(C)c1Cl. The van der Waals surface area contributed by atoms with Crippen LogP contribution in [0.2, 0.25) is 5.02 Å². The van der Waals surface area contributed by atoms with Gasteiger partial charge < -0.3 is 15.0 Å². The maximum absolute atomic E-state index is 12.1. The first-order chi connectivity index (χ1) is 12.0. The highest BCUT2D eigenvalue weighted by Crippen LogP contribution is 2.26. The minimum Gasteiger partial charge on any atom is -0.484 e. The van der Waals surface area contributed by atoms with Gasteiger partial charge in [-0.05, 0) is 49.9 Å². The van der Waals surface area contributed by atoms with Crippen LogP contribution in [0.1, 0.15) is 24.0 Å². The van der Waals surface area contributed by atoms with Crippen molar-refractivity contribution in [3.05, 3.63) is 40.7 Å². The molecule has 0 aliphatic carbocycles. The molecule has 6 nitrogen and oxygen atoms in total. The van der Waals surface area contributed by atoms with E-state index in [4.69, 9.17) is 16.3 Å². The maximum atomic E-state index is 12.1. The van der Waals surface area contributed by atoms with Gasteiger partial charge in [-0.25, -0.2) is 9.97 Å². The average Bonchev–Trinajstić information content (AvgIpc) is 3.12. The van der Waals surface area contributed by atoms with E-state index in [-0.39, 0.29) is 12.5 Å². The van der Waals surface area contributed by atoms with Crippen LogP contribution in [0.4, 0.5) is 11.6 Å². The third-order valence-electron chi connectivity index (χ3n) is 4.13. The maximum Gasteiger partial charge on any atom is 0.263 e. The molecular weight excluding hydrogens is 340 g/mol. The zero-order valence-electron chi connectivity index (χ0n) is 14.4. The molecule has 0 radical (unpaired) electrons. The Morgan fingerprint density at radius 3 is 2.56 bits per heavy atom. The van der Waals surface area contributed by atoms with Gasteiger partial charge in [-0.2, -0.15) is 0 Å². The summed E-state index contributed by atoms with van der Waals surface area (Å²) < 4.78 is 5.56. The van der Waals surface area contributed by atoms with E-state index in [9.17, 15) is 4.79 Å². The van der Waals surface area contributed by atoms with Crippen molar-refractivity contribution in [1.82, 2.24) is 9.97 Å². The fourth-order valence-corrected chi connectivity index (χ4v) is 2.96. The predicted molar refractivity (Wildman–Crippen MR) is 98.5 cm³/mol. The van der Waals surface area contributed by atoms with Gasteiger partial charge in [0, 0.05) is 24.2 Å². The van der Waals surface area contributed by atoms with Crippen LogP contribution in [0.15, 0.2) is 24.5 Å². The Bertz CT molecular complexity index is 752. The molecule has 7 heteroatoms. The number of anilines is 2. The summed E-state index contributed by atoms with van der Waals surface area (Å²) in [6.45, 7) is 5.70. The van der Waals surface area contributed by atoms with Crippen LogP contribution < -0.4 is 15.0 Å². The van der Waals surface area contributed by atoms with Crippen LogP contribution in [0.5, 0.6) is 5.75 Å². The summed E-state index contributed by atoms with van der Waals surface area (Å²) in [4.78, 5) is 22.7. The number of carbonyl (C=O) groups excluding carboxylic acids is 1. The Labute approximate surface area is 152 Å². The third kappa shape index (κ3) is 4.39. The van der Waals surface area contributed by atoms with Gasteiger partial charge in [0.05, 0.1) is 0 Å². The average molecular weight is 361 g/mol. The lowest BCUT2D eigenvalue weighted by Gasteiger charge is -2.16. The van der Waals surface area contributed by atoms with E-state index in [1.54, 1.807) is 6.07 Å². The van der Waals surface area contributed by atoms with Gasteiger partial charge in [0.15, 0.2) is 6.61 Å². The molecular formula is C18H21ClN4O2. The number of hydrogen-bond donors (Lipinski definition) is 1. The highest BCUT2D eigenvalue weighted by atomic mass is 35.5. The number of ether oxygens (including phenoxy) is 1. The van der Waals surface area contributed by atoms with Crippen LogP contribution in [0.3, 0.4) is 0 Å². The van der Waals surface area contributed by atoms with E-state index in [1.165, 1.54) is 19.2 Å². The summed E-state index contributed by atoms with van der Waals surface area (Å²) in [5.41, 5.74) is 1.84. The Kier molecular flexibility index (Phi) is 5.38. The van der Waals surface area contributed by atoms with Crippen molar-refractivity contribution in [3.8, 4) is 5.75 Å². The molecule has 0 spiro atoms. The largest absolute Gasteiger partial charge is 0.484 e. The molecule has 1 amide bonds. The van der Waals surface area contributed by atoms with E-state index < -0.39 is 0 Å². The number of amides is 1. The molecule has 1 fully saturated rings. The summed E-state index contributed by atoms with van der Waals surface area (Å²) in [5.74, 6) is 1.67. The standard InChI is InChI=1S/C18H21ClN4O2/c1-12-7-14(8-13(2)18(12)19)25-10-17(24)22-15-9-16(21-11-20-15)23-5-3-4-6-23/h7-9,11H,3-6,10H2,1-2H3,(H,20,21,22,24). The number of nitrogens with zero attached hydrogens (tertiary/aromatic N) is 3. The fourth-order valence-electron chi connectivity index (χ4n) is 2.85. The van der Waals surface area contributed by atoms with Crippen LogP contribution in [-0.2, 0) is 4.79 Å². The van der Waals surface area contributed by atoms with Crippen molar-refractivity contribution in [2.75, 3.05) is 29.9 Å². The first kappa shape index (κ1) is 17.5. The number of aryl methyl sites for hydroxylation is 2. The smallest absolute Gasteiger partial charge is 0.263 e. The van der Waals surface area contributed by atoms with E-state index in [1.807, 2.05) is 26.0 Å². The number of carbonyl (C=O) groups is 1. The molecule has 132 valence electrons. The summed E-state index contributed by atoms with van der Waals surface area (Å²) in [6, 6.07) is 5.43. The van der Waals surface area contributed by atoms with Crippen molar-refractivity contribution in [2.24, 2.45) is 0 Å². The van der Waals surface area contributed by atoms with E-state index in [0.29, 0.717) is 16.6 Å². The second-order valence-electron chi connectivity index (χ2n) is 6.16. The quantitative estimate of drug-likeness (QED) is 0.885. The molecule has 0 unspecified atom stereocenters. The lowest BCUT2D eigenvalue weighted by atomic mass is 10.1. The van der Waals surface area contributed by atoms with Crippen molar-refractivity contribution >= 4 is 29.1 Å². The Hall–Kier alpha value is -2.34. The third-order valence-corrected chi connectivity index (χ3v) is 4.73. The normalized spacial score (nSPS) is 13.8. The first-order valence-electron chi connectivity index (χ1n) is 8.29. The molecule has 1 aliphatic heterocycles. The highest BCUT2D eigenvalue weighted by molar-refractivity contribution is 6.32. The minimum absolute atomic E-state index is 0.0937. The summed E-state index contributed by atoms with van der Waals surface area (Å²) in [5, 5.41) is 3.46. The van der Waals surface area contributed by atoms with Gasteiger partial charge in [0.1, 0.15) is 23.7 Å². The topological polar surface area (TPSA) is 67.3 Å². The molecule has 3 rings (SSSR count). The number of hydrogen-bond acceptors (Lipinski definition) is 5. The highest BCUT2D eigenvalue weighted by Gasteiger charge is 2.15. The summed E-state index contributed by atoms with van der Waals surface area (Å²) in [7, 11) is 0. The zero-order chi connectivity index (χ0) is 17.8. The molecule has 2 aromatic rings. The number of halogens is 1. The van der Waals surface area contributed by atoms with Crippen LogP contribution >= 0.6 is 11.6 Å². The number of benzene rings is 1. The van der Waals surface area contributed by atoms with Crippen molar-refractivity contribution in [1.29, 1.82) is 0 Å². The molecule has 2 heterocycles. The molecule has 25 heavy (non-hydrogen) atoms. The molecule has 1 aromatic heterocycles. The molecule has 1 aromatic carbocycles. The van der Waals surface area contributed by atoms with Gasteiger partial charge in [0.2, 0.25) is 0 Å². The Morgan fingerprint density at radius 2 is 1.88 bits per heavy atom. The van der Waals surface area contributed by atoms with Crippen LogP contribution in [0, 0.1) is 13.8 Å². The molecule has 1 saturated heterocycles. The zero-order valence-corrected chi connectivity index (χ0v) is 15.1. The van der Waals surface area contributed by atoms with Crippen molar-refractivity contribution < 1.29 is 9.53 Å². The van der Waals surface area contributed by atoms with E-state index in [0.717, 1.165) is 30.0 Å². The lowest BCUT2D eigenvalue weighted by molar-refractivity contribution is -0.118. The number of aromatic nitrogens is 2. The van der Waals surface area contributed by atoms with Gasteiger partial charge in [-0.3, -0.25) is 4.79 Å². The number of rotatable bonds is 5. The van der Waals surface area contributed by atoms with Crippen molar-refractivity contribution in [2.45, 2.75) is 26.7 Å². The second kappa shape index (κ2) is 7.70. The van der Waals surface area contributed by atoms with Gasteiger partial charge in [-0.1, -0.05) is 11.6 Å². The molecule has 1 N–H and O–H groups in total. The molecule has 0 atom stereocenters.